The molecule has 0 aliphatic heterocycles. The zero-order chi connectivity index (χ0) is 15.9. The number of ether oxygens (including phenoxy) is 1. The molecule has 1 fully saturated rings. The van der Waals surface area contributed by atoms with Gasteiger partial charge in [-0.1, -0.05) is 20.8 Å². The zero-order valence-electron chi connectivity index (χ0n) is 14.4. The standard InChI is InChI=1S/C17H34N2O2/c1-5-15(6-2)19(11-12-21-4)16(20)17(13-18)9-7-14(3)8-10-17/h14-15H,5-13,18H2,1-4H3. The molecule has 0 aromatic rings. The highest BCUT2D eigenvalue weighted by molar-refractivity contribution is 5.83. The van der Waals surface area contributed by atoms with Crippen molar-refractivity contribution in [3.63, 3.8) is 0 Å². The second-order valence-corrected chi connectivity index (χ2v) is 6.63. The summed E-state index contributed by atoms with van der Waals surface area (Å²) in [4.78, 5) is 15.3. The summed E-state index contributed by atoms with van der Waals surface area (Å²) < 4.78 is 5.21. The predicted molar refractivity (Wildman–Crippen MR) is 87.1 cm³/mol. The number of methoxy groups -OCH3 is 1. The Balaban J connectivity index is 2.90. The van der Waals surface area contributed by atoms with Gasteiger partial charge in [0.05, 0.1) is 12.0 Å². The SMILES string of the molecule is CCC(CC)N(CCOC)C(=O)C1(CN)CCC(C)CC1. The van der Waals surface area contributed by atoms with E-state index in [1.807, 2.05) is 4.90 Å². The summed E-state index contributed by atoms with van der Waals surface area (Å²) in [6.07, 6.45) is 6.08. The summed E-state index contributed by atoms with van der Waals surface area (Å²) >= 11 is 0. The Morgan fingerprint density at radius 3 is 2.33 bits per heavy atom. The molecule has 124 valence electrons. The van der Waals surface area contributed by atoms with Crippen LogP contribution in [-0.2, 0) is 9.53 Å². The molecule has 1 aliphatic carbocycles. The first-order valence-electron chi connectivity index (χ1n) is 8.54. The largest absolute Gasteiger partial charge is 0.383 e. The van der Waals surface area contributed by atoms with Gasteiger partial charge in [-0.05, 0) is 44.4 Å². The number of nitrogens with zero attached hydrogens (tertiary/aromatic N) is 1. The molecule has 0 aromatic heterocycles. The first kappa shape index (κ1) is 18.4. The molecule has 4 nitrogen and oxygen atoms in total. The van der Waals surface area contributed by atoms with Gasteiger partial charge in [-0.2, -0.15) is 0 Å². The number of carbonyl (C=O) groups excluding carboxylic acids is 1. The molecule has 1 amide bonds. The minimum Gasteiger partial charge on any atom is -0.383 e. The highest BCUT2D eigenvalue weighted by Gasteiger charge is 2.43. The second kappa shape index (κ2) is 8.74. The number of amides is 1. The Morgan fingerprint density at radius 2 is 1.90 bits per heavy atom. The molecule has 2 N–H and O–H groups in total. The summed E-state index contributed by atoms with van der Waals surface area (Å²) in [7, 11) is 1.69. The van der Waals surface area contributed by atoms with E-state index in [0.717, 1.165) is 44.4 Å². The van der Waals surface area contributed by atoms with Gasteiger partial charge in [-0.3, -0.25) is 4.79 Å². The molecule has 1 aliphatic rings. The molecule has 0 saturated heterocycles. The molecule has 0 bridgehead atoms. The van der Waals surface area contributed by atoms with Crippen molar-refractivity contribution in [3.8, 4) is 0 Å². The Labute approximate surface area is 130 Å². The normalized spacial score (nSPS) is 26.1. The van der Waals surface area contributed by atoms with Gasteiger partial charge in [-0.15, -0.1) is 0 Å². The molecule has 1 saturated carbocycles. The fourth-order valence-electron chi connectivity index (χ4n) is 3.49. The van der Waals surface area contributed by atoms with Crippen LogP contribution in [0, 0.1) is 11.3 Å². The van der Waals surface area contributed by atoms with E-state index in [1.54, 1.807) is 7.11 Å². The first-order valence-corrected chi connectivity index (χ1v) is 8.54. The van der Waals surface area contributed by atoms with Gasteiger partial charge in [0.15, 0.2) is 0 Å². The lowest BCUT2D eigenvalue weighted by Crippen LogP contribution is -2.53. The van der Waals surface area contributed by atoms with Crippen LogP contribution in [0.25, 0.3) is 0 Å². The van der Waals surface area contributed by atoms with Gasteiger partial charge < -0.3 is 15.4 Å². The monoisotopic (exact) mass is 298 g/mol. The minimum atomic E-state index is -0.331. The Kier molecular flexibility index (Phi) is 7.67. The lowest BCUT2D eigenvalue weighted by atomic mass is 9.69. The van der Waals surface area contributed by atoms with Gasteiger partial charge in [-0.25, -0.2) is 0 Å². The third-order valence-electron chi connectivity index (χ3n) is 5.26. The Hall–Kier alpha value is -0.610. The van der Waals surface area contributed by atoms with E-state index in [4.69, 9.17) is 10.5 Å². The highest BCUT2D eigenvalue weighted by Crippen LogP contribution is 2.40. The van der Waals surface area contributed by atoms with Crippen LogP contribution < -0.4 is 5.73 Å². The maximum Gasteiger partial charge on any atom is 0.230 e. The van der Waals surface area contributed by atoms with Crippen molar-refractivity contribution in [2.45, 2.75) is 65.3 Å². The summed E-state index contributed by atoms with van der Waals surface area (Å²) in [6.45, 7) is 8.33. The highest BCUT2D eigenvalue weighted by atomic mass is 16.5. The molecule has 21 heavy (non-hydrogen) atoms. The lowest BCUT2D eigenvalue weighted by molar-refractivity contribution is -0.147. The molecule has 4 heteroatoms. The molecule has 0 spiro atoms. The lowest BCUT2D eigenvalue weighted by Gasteiger charge is -2.43. The van der Waals surface area contributed by atoms with Gasteiger partial charge in [0.1, 0.15) is 0 Å². The van der Waals surface area contributed by atoms with Crippen LogP contribution in [0.4, 0.5) is 0 Å². The summed E-state index contributed by atoms with van der Waals surface area (Å²) in [5, 5.41) is 0. The quantitative estimate of drug-likeness (QED) is 0.749. The molecule has 1 rings (SSSR count). The number of hydrogen-bond donors (Lipinski definition) is 1. The van der Waals surface area contributed by atoms with Crippen molar-refractivity contribution in [3.05, 3.63) is 0 Å². The van der Waals surface area contributed by atoms with E-state index in [1.165, 1.54) is 0 Å². The fourth-order valence-corrected chi connectivity index (χ4v) is 3.49. The molecule has 0 unspecified atom stereocenters. The molecule has 0 heterocycles. The van der Waals surface area contributed by atoms with Crippen molar-refractivity contribution in [1.82, 2.24) is 4.90 Å². The molecule has 0 aromatic carbocycles. The van der Waals surface area contributed by atoms with Gasteiger partial charge in [0.2, 0.25) is 5.91 Å². The number of nitrogens with two attached hydrogens (primary N) is 1. The van der Waals surface area contributed by atoms with Gasteiger partial charge >= 0.3 is 0 Å². The second-order valence-electron chi connectivity index (χ2n) is 6.63. The fraction of sp³-hybridized carbons (Fsp3) is 0.941. The maximum atomic E-state index is 13.2. The topological polar surface area (TPSA) is 55.6 Å². The van der Waals surface area contributed by atoms with Crippen molar-refractivity contribution < 1.29 is 9.53 Å². The summed E-state index contributed by atoms with van der Waals surface area (Å²) in [5.74, 6) is 0.987. The van der Waals surface area contributed by atoms with E-state index < -0.39 is 0 Å². The minimum absolute atomic E-state index is 0.266. The van der Waals surface area contributed by atoms with Crippen molar-refractivity contribution in [2.24, 2.45) is 17.1 Å². The van der Waals surface area contributed by atoms with Crippen LogP contribution in [0.3, 0.4) is 0 Å². The van der Waals surface area contributed by atoms with Crippen molar-refractivity contribution >= 4 is 5.91 Å². The van der Waals surface area contributed by atoms with Gasteiger partial charge in [0.25, 0.3) is 0 Å². The van der Waals surface area contributed by atoms with Crippen LogP contribution >= 0.6 is 0 Å². The van der Waals surface area contributed by atoms with Crippen LogP contribution in [0.15, 0.2) is 0 Å². The average Bonchev–Trinajstić information content (AvgIpc) is 2.52. The third kappa shape index (κ3) is 4.43. The predicted octanol–water partition coefficient (Wildman–Crippen LogP) is 2.81. The zero-order valence-corrected chi connectivity index (χ0v) is 14.4. The van der Waals surface area contributed by atoms with E-state index in [0.29, 0.717) is 25.7 Å². The molecule has 0 atom stereocenters. The number of hydrogen-bond acceptors (Lipinski definition) is 3. The Bertz CT molecular complexity index is 308. The molecular weight excluding hydrogens is 264 g/mol. The average molecular weight is 298 g/mol. The number of carbonyl (C=O) groups is 1. The summed E-state index contributed by atoms with van der Waals surface area (Å²) in [5.41, 5.74) is 5.72. The van der Waals surface area contributed by atoms with E-state index >= 15 is 0 Å². The van der Waals surface area contributed by atoms with Crippen LogP contribution in [0.5, 0.6) is 0 Å². The first-order chi connectivity index (χ1) is 10.0. The number of rotatable bonds is 8. The van der Waals surface area contributed by atoms with E-state index in [-0.39, 0.29) is 11.3 Å². The van der Waals surface area contributed by atoms with Crippen LogP contribution in [0.2, 0.25) is 0 Å². The maximum absolute atomic E-state index is 13.2. The van der Waals surface area contributed by atoms with Crippen LogP contribution in [0.1, 0.15) is 59.3 Å². The van der Waals surface area contributed by atoms with E-state index in [9.17, 15) is 4.79 Å². The summed E-state index contributed by atoms with van der Waals surface area (Å²) in [6, 6.07) is 0.301. The molecule has 0 radical (unpaired) electrons. The third-order valence-corrected chi connectivity index (χ3v) is 5.26. The van der Waals surface area contributed by atoms with E-state index in [2.05, 4.69) is 20.8 Å². The van der Waals surface area contributed by atoms with Crippen molar-refractivity contribution in [2.75, 3.05) is 26.8 Å². The van der Waals surface area contributed by atoms with Gasteiger partial charge in [0, 0.05) is 26.2 Å². The van der Waals surface area contributed by atoms with Crippen LogP contribution in [-0.4, -0.2) is 43.7 Å². The smallest absolute Gasteiger partial charge is 0.230 e. The van der Waals surface area contributed by atoms with Crippen molar-refractivity contribution in [1.29, 1.82) is 0 Å². The molecular formula is C17H34N2O2. The Morgan fingerprint density at radius 1 is 1.33 bits per heavy atom.